The van der Waals surface area contributed by atoms with Crippen molar-refractivity contribution in [1.29, 1.82) is 0 Å². The van der Waals surface area contributed by atoms with E-state index in [4.69, 9.17) is 4.42 Å². The lowest BCUT2D eigenvalue weighted by molar-refractivity contribution is -0.133. The van der Waals surface area contributed by atoms with Gasteiger partial charge in [0.25, 0.3) is 0 Å². The highest BCUT2D eigenvalue weighted by Crippen LogP contribution is 2.35. The lowest BCUT2D eigenvalue weighted by Crippen LogP contribution is -2.37. The van der Waals surface area contributed by atoms with Crippen LogP contribution in [0.15, 0.2) is 33.5 Å². The normalized spacial score (nSPS) is 19.6. The number of carbonyl (C=O) groups is 3. The average Bonchev–Trinajstić information content (AvgIpc) is 2.51. The van der Waals surface area contributed by atoms with Gasteiger partial charge in [0.05, 0.1) is 24.0 Å². The quantitative estimate of drug-likeness (QED) is 0.532. The lowest BCUT2D eigenvalue weighted by Gasteiger charge is -2.26. The summed E-state index contributed by atoms with van der Waals surface area (Å²) < 4.78 is 4.98. The van der Waals surface area contributed by atoms with Gasteiger partial charge in [-0.2, -0.15) is 0 Å². The Hall–Kier alpha value is -3.42. The van der Waals surface area contributed by atoms with Crippen LogP contribution < -0.4 is 5.63 Å². The van der Waals surface area contributed by atoms with Crippen LogP contribution in [0.1, 0.15) is 41.4 Å². The van der Waals surface area contributed by atoms with E-state index < -0.39 is 34.8 Å². The maximum absolute atomic E-state index is 13.1. The zero-order valence-electron chi connectivity index (χ0n) is 15.0. The van der Waals surface area contributed by atoms with Crippen LogP contribution in [0.4, 0.5) is 0 Å². The van der Waals surface area contributed by atoms with Crippen LogP contribution in [0.2, 0.25) is 0 Å². The van der Waals surface area contributed by atoms with Gasteiger partial charge in [-0.1, -0.05) is 6.92 Å². The molecule has 1 aromatic heterocycles. The number of rotatable bonds is 4. The van der Waals surface area contributed by atoms with E-state index in [0.29, 0.717) is 0 Å². The molecule has 2 unspecified atom stereocenters. The van der Waals surface area contributed by atoms with Crippen LogP contribution in [0.5, 0.6) is 17.2 Å². The van der Waals surface area contributed by atoms with Gasteiger partial charge in [0.15, 0.2) is 11.6 Å². The smallest absolute Gasteiger partial charge is 0.339 e. The highest BCUT2D eigenvalue weighted by Gasteiger charge is 2.40. The van der Waals surface area contributed by atoms with Crippen molar-refractivity contribution in [2.75, 3.05) is 0 Å². The molecule has 0 amide bonds. The van der Waals surface area contributed by atoms with Crippen LogP contribution in [-0.4, -0.2) is 32.7 Å². The Kier molecular flexibility index (Phi) is 5.04. The van der Waals surface area contributed by atoms with Gasteiger partial charge in [-0.15, -0.1) is 0 Å². The number of phenolic OH excluding ortho intramolecular Hbond substituents is 2. The minimum absolute atomic E-state index is 0.00208. The summed E-state index contributed by atoms with van der Waals surface area (Å²) in [4.78, 5) is 48.4. The molecule has 0 aliphatic heterocycles. The first-order chi connectivity index (χ1) is 13.2. The molecule has 146 valence electrons. The molecular formula is C20H18O8. The maximum Gasteiger partial charge on any atom is 0.339 e. The van der Waals surface area contributed by atoms with Crippen molar-refractivity contribution in [2.24, 2.45) is 11.8 Å². The Morgan fingerprint density at radius 2 is 1.75 bits per heavy atom. The van der Waals surface area contributed by atoms with Crippen LogP contribution >= 0.6 is 0 Å². The largest absolute Gasteiger partial charge is 0.508 e. The first-order valence-corrected chi connectivity index (χ1v) is 8.62. The predicted molar refractivity (Wildman–Crippen MR) is 95.5 cm³/mol. The van der Waals surface area contributed by atoms with Crippen LogP contribution in [-0.2, 0) is 16.0 Å². The molecule has 1 heterocycles. The summed E-state index contributed by atoms with van der Waals surface area (Å²) in [7, 11) is 0. The molecule has 1 saturated carbocycles. The van der Waals surface area contributed by atoms with E-state index in [0.717, 1.165) is 12.1 Å². The molecule has 2 atom stereocenters. The van der Waals surface area contributed by atoms with E-state index in [1.807, 2.05) is 0 Å². The van der Waals surface area contributed by atoms with E-state index in [1.165, 1.54) is 12.1 Å². The first kappa shape index (κ1) is 19.3. The summed E-state index contributed by atoms with van der Waals surface area (Å²) in [5.74, 6) is -4.23. The number of hydrogen-bond donors (Lipinski definition) is 3. The summed E-state index contributed by atoms with van der Waals surface area (Å²) in [6.45, 7) is 1.61. The van der Waals surface area contributed by atoms with Gasteiger partial charge in [-0.05, 0) is 17.5 Å². The fourth-order valence-electron chi connectivity index (χ4n) is 3.61. The molecule has 0 bridgehead atoms. The molecule has 3 N–H and O–H groups in total. The van der Waals surface area contributed by atoms with Crippen LogP contribution in [0.25, 0.3) is 0 Å². The third-order valence-electron chi connectivity index (χ3n) is 4.72. The lowest BCUT2D eigenvalue weighted by atomic mass is 9.74. The fourth-order valence-corrected chi connectivity index (χ4v) is 3.61. The summed E-state index contributed by atoms with van der Waals surface area (Å²) in [5.41, 5.74) is -0.877. The van der Waals surface area contributed by atoms with Crippen LogP contribution in [0.3, 0.4) is 0 Å². The van der Waals surface area contributed by atoms with E-state index in [9.17, 15) is 34.5 Å². The zero-order valence-corrected chi connectivity index (χ0v) is 15.0. The first-order valence-electron chi connectivity index (χ1n) is 8.62. The third-order valence-corrected chi connectivity index (χ3v) is 4.72. The average molecular weight is 386 g/mol. The fraction of sp³-hybridized carbons (Fsp3) is 0.300. The number of hydrogen-bond acceptors (Lipinski definition) is 8. The van der Waals surface area contributed by atoms with Crippen molar-refractivity contribution in [1.82, 2.24) is 0 Å². The molecule has 3 rings (SSSR count). The highest BCUT2D eigenvalue weighted by molar-refractivity contribution is 6.18. The molecule has 0 radical (unpaired) electrons. The monoisotopic (exact) mass is 386 g/mol. The van der Waals surface area contributed by atoms with Crippen molar-refractivity contribution < 1.29 is 34.1 Å². The van der Waals surface area contributed by atoms with Crippen molar-refractivity contribution in [3.63, 3.8) is 0 Å². The Morgan fingerprint density at radius 1 is 1.07 bits per heavy atom. The number of benzene rings is 1. The van der Waals surface area contributed by atoms with Crippen molar-refractivity contribution in [3.8, 4) is 17.2 Å². The van der Waals surface area contributed by atoms with Gasteiger partial charge in [0.2, 0.25) is 0 Å². The van der Waals surface area contributed by atoms with E-state index in [1.54, 1.807) is 6.92 Å². The third kappa shape index (κ3) is 3.80. The minimum atomic E-state index is -1.09. The molecule has 1 aliphatic rings. The maximum atomic E-state index is 13.1. The van der Waals surface area contributed by atoms with Crippen molar-refractivity contribution >= 4 is 17.3 Å². The Bertz CT molecular complexity index is 1030. The Morgan fingerprint density at radius 3 is 2.39 bits per heavy atom. The SMILES string of the molecule is CC1CC(=O)CC(=O)C1C(=O)c1c(O)cc(O)cc1Cc1cc(O)cc(=O)o1. The molecule has 1 aliphatic carbocycles. The van der Waals surface area contributed by atoms with Crippen LogP contribution in [0, 0.1) is 11.8 Å². The molecule has 8 heteroatoms. The van der Waals surface area contributed by atoms with E-state index >= 15 is 0 Å². The second-order valence-corrected chi connectivity index (χ2v) is 6.98. The standard InChI is InChI=1S/C20H18O8/c1-9-2-11(21)6-15(24)18(9)20(27)19-10(3-12(22)7-16(19)25)4-14-5-13(23)8-17(26)28-14/h3,5,7-9,18,22-23,25H,2,4,6H2,1H3. The Balaban J connectivity index is 2.05. The number of ketones is 3. The molecule has 28 heavy (non-hydrogen) atoms. The van der Waals surface area contributed by atoms with Gasteiger partial charge in [0.1, 0.15) is 28.8 Å². The van der Waals surface area contributed by atoms with Gasteiger partial charge in [-0.3, -0.25) is 14.4 Å². The molecule has 1 fully saturated rings. The summed E-state index contributed by atoms with van der Waals surface area (Å²) in [6, 6.07) is 4.22. The minimum Gasteiger partial charge on any atom is -0.508 e. The van der Waals surface area contributed by atoms with Crippen molar-refractivity contribution in [2.45, 2.75) is 26.2 Å². The second kappa shape index (κ2) is 7.30. The zero-order chi connectivity index (χ0) is 20.6. The molecule has 0 spiro atoms. The highest BCUT2D eigenvalue weighted by atomic mass is 16.4. The van der Waals surface area contributed by atoms with E-state index in [2.05, 4.69) is 0 Å². The number of aromatic hydroxyl groups is 3. The second-order valence-electron chi connectivity index (χ2n) is 6.98. The van der Waals surface area contributed by atoms with Gasteiger partial charge < -0.3 is 19.7 Å². The van der Waals surface area contributed by atoms with E-state index in [-0.39, 0.29) is 53.4 Å². The molecule has 8 nitrogen and oxygen atoms in total. The summed E-state index contributed by atoms with van der Waals surface area (Å²) in [6.07, 6.45) is -0.449. The van der Waals surface area contributed by atoms with Gasteiger partial charge in [0, 0.05) is 25.0 Å². The summed E-state index contributed by atoms with van der Waals surface area (Å²) >= 11 is 0. The molecule has 0 saturated heterocycles. The Labute approximate surface area is 159 Å². The summed E-state index contributed by atoms with van der Waals surface area (Å²) in [5, 5.41) is 29.7. The molecular weight excluding hydrogens is 368 g/mol. The van der Waals surface area contributed by atoms with Gasteiger partial charge in [-0.25, -0.2) is 4.79 Å². The number of phenols is 2. The molecule has 1 aromatic carbocycles. The number of carbonyl (C=O) groups excluding carboxylic acids is 3. The van der Waals surface area contributed by atoms with Gasteiger partial charge >= 0.3 is 5.63 Å². The predicted octanol–water partition coefficient (Wildman–Crippen LogP) is 1.71. The van der Waals surface area contributed by atoms with Crippen molar-refractivity contribution in [3.05, 3.63) is 51.6 Å². The number of Topliss-reactive ketones (excluding diaryl/α,β-unsaturated/α-hetero) is 3. The molecule has 2 aromatic rings. The topological polar surface area (TPSA) is 142 Å².